The molecular formula is C20H22F3N3O3S2. The van der Waals surface area contributed by atoms with Gasteiger partial charge >= 0.3 is 15.5 Å². The van der Waals surface area contributed by atoms with Crippen LogP contribution in [0.3, 0.4) is 0 Å². The molecule has 0 saturated carbocycles. The number of anilines is 1. The van der Waals surface area contributed by atoms with E-state index in [1.807, 2.05) is 0 Å². The summed E-state index contributed by atoms with van der Waals surface area (Å²) < 4.78 is 62.1. The van der Waals surface area contributed by atoms with E-state index in [1.165, 1.54) is 29.5 Å². The molecule has 2 bridgehead atoms. The number of hydrogen-bond acceptors (Lipinski definition) is 5. The van der Waals surface area contributed by atoms with Crippen LogP contribution in [-0.2, 0) is 10.0 Å². The van der Waals surface area contributed by atoms with Gasteiger partial charge in [-0.05, 0) is 68.6 Å². The van der Waals surface area contributed by atoms with Gasteiger partial charge in [-0.3, -0.25) is 14.4 Å². The predicted octanol–water partition coefficient (Wildman–Crippen LogP) is 3.89. The van der Waals surface area contributed by atoms with Crippen molar-refractivity contribution in [2.75, 3.05) is 17.8 Å². The molecule has 3 aliphatic rings. The molecule has 11 heteroatoms. The standard InChI is InChI=1S/C20H22F3N3O3S2/c1-12-18(13-7-9-26(12)10-8-13)24-19(27)17-6-5-16(30-17)14-3-2-4-15(11-14)25-31(28,29)20(21,22)23/h2-6,11-13,18,25H,7-10H2,1H3,(H,24,27)/t12-,18-/m0/s1. The lowest BCUT2D eigenvalue weighted by Crippen LogP contribution is -2.62. The SMILES string of the molecule is C[C@H]1[C@H](NC(=O)c2ccc(-c3cccc(NS(=O)(=O)C(F)(F)F)c3)s2)C2CCN1CC2. The fourth-order valence-electron chi connectivity index (χ4n) is 4.33. The molecule has 2 aromatic rings. The first-order valence-electron chi connectivity index (χ1n) is 9.89. The summed E-state index contributed by atoms with van der Waals surface area (Å²) in [5.74, 6) is 0.303. The van der Waals surface area contributed by atoms with Crippen molar-refractivity contribution in [1.29, 1.82) is 0 Å². The quantitative estimate of drug-likeness (QED) is 0.691. The average Bonchev–Trinajstić information content (AvgIpc) is 3.20. The van der Waals surface area contributed by atoms with Gasteiger partial charge in [-0.15, -0.1) is 11.3 Å². The first kappa shape index (κ1) is 22.1. The zero-order chi connectivity index (χ0) is 22.4. The Morgan fingerprint density at radius 1 is 1.16 bits per heavy atom. The minimum Gasteiger partial charge on any atom is -0.347 e. The topological polar surface area (TPSA) is 78.5 Å². The lowest BCUT2D eigenvalue weighted by molar-refractivity contribution is -0.0429. The van der Waals surface area contributed by atoms with Gasteiger partial charge in [0.2, 0.25) is 0 Å². The number of alkyl halides is 3. The molecule has 0 unspecified atom stereocenters. The first-order valence-corrected chi connectivity index (χ1v) is 12.2. The Morgan fingerprint density at radius 2 is 1.87 bits per heavy atom. The van der Waals surface area contributed by atoms with Crippen LogP contribution in [0.5, 0.6) is 0 Å². The molecule has 2 N–H and O–H groups in total. The van der Waals surface area contributed by atoms with E-state index in [-0.39, 0.29) is 23.7 Å². The Morgan fingerprint density at radius 3 is 2.52 bits per heavy atom. The minimum atomic E-state index is -5.50. The normalized spacial score (nSPS) is 25.9. The fraction of sp³-hybridized carbons (Fsp3) is 0.450. The molecule has 3 saturated heterocycles. The van der Waals surface area contributed by atoms with E-state index < -0.39 is 15.5 Å². The number of nitrogens with zero attached hydrogens (tertiary/aromatic N) is 1. The second kappa shape index (κ2) is 8.10. The second-order valence-electron chi connectivity index (χ2n) is 7.91. The van der Waals surface area contributed by atoms with Crippen LogP contribution in [0.4, 0.5) is 18.9 Å². The van der Waals surface area contributed by atoms with E-state index in [1.54, 1.807) is 22.9 Å². The van der Waals surface area contributed by atoms with E-state index in [2.05, 4.69) is 17.1 Å². The summed E-state index contributed by atoms with van der Waals surface area (Å²) in [7, 11) is -5.50. The highest BCUT2D eigenvalue weighted by atomic mass is 32.2. The first-order chi connectivity index (χ1) is 14.5. The highest BCUT2D eigenvalue weighted by molar-refractivity contribution is 7.93. The van der Waals surface area contributed by atoms with Crippen molar-refractivity contribution in [2.24, 2.45) is 5.92 Å². The van der Waals surface area contributed by atoms with Crippen molar-refractivity contribution in [1.82, 2.24) is 10.2 Å². The molecule has 3 fully saturated rings. The Bertz CT molecular complexity index is 1070. The average molecular weight is 474 g/mol. The molecule has 168 valence electrons. The van der Waals surface area contributed by atoms with Crippen LogP contribution in [0, 0.1) is 5.92 Å². The Hall–Kier alpha value is -2.11. The molecule has 6 nitrogen and oxygen atoms in total. The highest BCUT2D eigenvalue weighted by Crippen LogP contribution is 2.34. The molecule has 1 amide bonds. The molecule has 0 spiro atoms. The molecule has 5 rings (SSSR count). The number of nitrogens with one attached hydrogen (secondary N) is 2. The molecular weight excluding hydrogens is 451 g/mol. The summed E-state index contributed by atoms with van der Waals surface area (Å²) in [6, 6.07) is 9.42. The maximum absolute atomic E-state index is 12.8. The van der Waals surface area contributed by atoms with E-state index >= 15 is 0 Å². The van der Waals surface area contributed by atoms with Gasteiger partial charge in [-0.1, -0.05) is 12.1 Å². The third-order valence-electron chi connectivity index (χ3n) is 6.01. The van der Waals surface area contributed by atoms with Crippen molar-refractivity contribution in [3.8, 4) is 10.4 Å². The Labute approximate surface area is 182 Å². The van der Waals surface area contributed by atoms with Crippen LogP contribution in [0.1, 0.15) is 29.4 Å². The van der Waals surface area contributed by atoms with Gasteiger partial charge in [0, 0.05) is 22.6 Å². The molecule has 3 aliphatic heterocycles. The summed E-state index contributed by atoms with van der Waals surface area (Å²) in [6.07, 6.45) is 2.15. The minimum absolute atomic E-state index is 0.0978. The van der Waals surface area contributed by atoms with E-state index in [0.717, 1.165) is 25.9 Å². The van der Waals surface area contributed by atoms with Crippen molar-refractivity contribution in [3.63, 3.8) is 0 Å². The zero-order valence-electron chi connectivity index (χ0n) is 16.6. The lowest BCUT2D eigenvalue weighted by atomic mass is 9.79. The number of hydrogen-bond donors (Lipinski definition) is 2. The van der Waals surface area contributed by atoms with Crippen molar-refractivity contribution >= 4 is 33.0 Å². The third-order valence-corrected chi connectivity index (χ3v) is 8.26. The second-order valence-corrected chi connectivity index (χ2v) is 10.7. The number of amides is 1. The number of halogens is 3. The van der Waals surface area contributed by atoms with Gasteiger partial charge in [-0.2, -0.15) is 21.6 Å². The number of piperidine rings is 3. The molecule has 0 radical (unpaired) electrons. The molecule has 1 aromatic carbocycles. The smallest absolute Gasteiger partial charge is 0.347 e. The summed E-state index contributed by atoms with van der Waals surface area (Å²) in [5, 5.41) is 3.15. The molecule has 31 heavy (non-hydrogen) atoms. The molecule has 0 aliphatic carbocycles. The molecule has 4 heterocycles. The number of carbonyl (C=O) groups is 1. The van der Waals surface area contributed by atoms with E-state index in [4.69, 9.17) is 0 Å². The maximum Gasteiger partial charge on any atom is 0.516 e. The van der Waals surface area contributed by atoms with Crippen molar-refractivity contribution in [3.05, 3.63) is 41.3 Å². The lowest BCUT2D eigenvalue weighted by Gasteiger charge is -2.49. The largest absolute Gasteiger partial charge is 0.516 e. The van der Waals surface area contributed by atoms with Crippen LogP contribution in [0.15, 0.2) is 36.4 Å². The zero-order valence-corrected chi connectivity index (χ0v) is 18.3. The third kappa shape index (κ3) is 4.44. The Kier molecular flexibility index (Phi) is 5.78. The fourth-order valence-corrected chi connectivity index (χ4v) is 5.79. The molecule has 1 aromatic heterocycles. The number of benzene rings is 1. The van der Waals surface area contributed by atoms with E-state index in [0.29, 0.717) is 21.2 Å². The van der Waals surface area contributed by atoms with Crippen LogP contribution < -0.4 is 10.0 Å². The number of rotatable bonds is 5. The van der Waals surface area contributed by atoms with Crippen LogP contribution in [-0.4, -0.2) is 49.9 Å². The van der Waals surface area contributed by atoms with Gasteiger partial charge in [0.05, 0.1) is 4.88 Å². The monoisotopic (exact) mass is 473 g/mol. The summed E-state index contributed by atoms with van der Waals surface area (Å²) in [4.78, 5) is 16.3. The van der Waals surface area contributed by atoms with Crippen LogP contribution in [0.2, 0.25) is 0 Å². The number of fused-ring (bicyclic) bond motifs is 3. The number of sulfonamides is 1. The van der Waals surface area contributed by atoms with Crippen molar-refractivity contribution < 1.29 is 26.4 Å². The molecule has 2 atom stereocenters. The summed E-state index contributed by atoms with van der Waals surface area (Å²) in [6.45, 7) is 4.26. The summed E-state index contributed by atoms with van der Waals surface area (Å²) in [5.41, 5.74) is -5.08. The van der Waals surface area contributed by atoms with Gasteiger partial charge in [0.15, 0.2) is 0 Å². The van der Waals surface area contributed by atoms with Crippen LogP contribution in [0.25, 0.3) is 10.4 Å². The highest BCUT2D eigenvalue weighted by Gasteiger charge is 2.46. The van der Waals surface area contributed by atoms with Crippen molar-refractivity contribution in [2.45, 2.75) is 37.4 Å². The number of thiophene rings is 1. The van der Waals surface area contributed by atoms with E-state index in [9.17, 15) is 26.4 Å². The van der Waals surface area contributed by atoms with Gasteiger partial charge < -0.3 is 5.32 Å². The Balaban J connectivity index is 1.48. The van der Waals surface area contributed by atoms with Crippen LogP contribution >= 0.6 is 11.3 Å². The van der Waals surface area contributed by atoms with Gasteiger partial charge in [-0.25, -0.2) is 0 Å². The number of carbonyl (C=O) groups excluding carboxylic acids is 1. The predicted molar refractivity (Wildman–Crippen MR) is 113 cm³/mol. The maximum atomic E-state index is 12.8. The van der Waals surface area contributed by atoms with Gasteiger partial charge in [0.1, 0.15) is 0 Å². The summed E-state index contributed by atoms with van der Waals surface area (Å²) >= 11 is 1.21. The van der Waals surface area contributed by atoms with Gasteiger partial charge in [0.25, 0.3) is 5.91 Å².